The maximum atomic E-state index is 13.1. The van der Waals surface area contributed by atoms with Gasteiger partial charge in [-0.15, -0.1) is 0 Å². The summed E-state index contributed by atoms with van der Waals surface area (Å²) in [5.41, 5.74) is 1.95. The molecular weight excluding hydrogens is 261 g/mol. The van der Waals surface area contributed by atoms with Crippen LogP contribution in [0, 0.1) is 5.82 Å². The second-order valence-electron chi connectivity index (χ2n) is 4.28. The van der Waals surface area contributed by atoms with Crippen LogP contribution >= 0.6 is 11.3 Å². The van der Waals surface area contributed by atoms with Crippen LogP contribution in [0.25, 0.3) is 10.2 Å². The first-order chi connectivity index (χ1) is 9.22. The summed E-state index contributed by atoms with van der Waals surface area (Å²) in [5.74, 6) is -0.232. The lowest BCUT2D eigenvalue weighted by molar-refractivity contribution is 0.630. The summed E-state index contributed by atoms with van der Waals surface area (Å²) in [6, 6.07) is 8.69. The molecule has 1 atom stereocenters. The molecule has 96 valence electrons. The fourth-order valence-electron chi connectivity index (χ4n) is 1.88. The molecule has 0 fully saturated rings. The molecule has 3 rings (SSSR count). The number of fused-ring (bicyclic) bond motifs is 1. The number of nitrogens with zero attached hydrogens (tertiary/aromatic N) is 2. The Balaban J connectivity index is 1.85. The van der Waals surface area contributed by atoms with Crippen molar-refractivity contribution in [2.45, 2.75) is 13.0 Å². The Morgan fingerprint density at radius 3 is 2.79 bits per heavy atom. The fourth-order valence-corrected chi connectivity index (χ4v) is 2.86. The maximum Gasteiger partial charge on any atom is 0.184 e. The minimum absolute atomic E-state index is 0.133. The predicted octanol–water partition coefficient (Wildman–Crippen LogP) is 4.00. The van der Waals surface area contributed by atoms with Crippen molar-refractivity contribution in [3.63, 3.8) is 0 Å². The van der Waals surface area contributed by atoms with Crippen molar-refractivity contribution in [1.82, 2.24) is 9.97 Å². The van der Waals surface area contributed by atoms with Crippen LogP contribution in [-0.2, 0) is 0 Å². The van der Waals surface area contributed by atoms with Gasteiger partial charge in [0.15, 0.2) is 5.13 Å². The first-order valence-electron chi connectivity index (χ1n) is 5.95. The van der Waals surface area contributed by atoms with E-state index in [0.29, 0.717) is 0 Å². The molecule has 2 heterocycles. The third-order valence-electron chi connectivity index (χ3n) is 2.90. The van der Waals surface area contributed by atoms with E-state index in [1.165, 1.54) is 23.5 Å². The Bertz CT molecular complexity index is 696. The summed E-state index contributed by atoms with van der Waals surface area (Å²) in [4.78, 5) is 8.44. The molecule has 5 heteroatoms. The first-order valence-corrected chi connectivity index (χ1v) is 6.76. The SMILES string of the molecule is CC(Nc1nc2ccc(F)cc2s1)c1ccncc1. The standard InChI is InChI=1S/C14H12FN3S/c1-9(10-4-6-16-7-5-10)17-14-18-12-3-2-11(15)8-13(12)19-14/h2-9H,1H3,(H,17,18). The van der Waals surface area contributed by atoms with Gasteiger partial charge in [0.05, 0.1) is 16.3 Å². The van der Waals surface area contributed by atoms with Gasteiger partial charge in [0, 0.05) is 12.4 Å². The number of nitrogens with one attached hydrogen (secondary N) is 1. The van der Waals surface area contributed by atoms with Crippen LogP contribution in [0.1, 0.15) is 18.5 Å². The Hall–Kier alpha value is -2.01. The highest BCUT2D eigenvalue weighted by molar-refractivity contribution is 7.22. The molecule has 1 aromatic carbocycles. The van der Waals surface area contributed by atoms with Crippen LogP contribution in [0.4, 0.5) is 9.52 Å². The molecule has 0 aliphatic rings. The van der Waals surface area contributed by atoms with Gasteiger partial charge >= 0.3 is 0 Å². The number of pyridine rings is 1. The lowest BCUT2D eigenvalue weighted by Gasteiger charge is -2.12. The summed E-state index contributed by atoms with van der Waals surface area (Å²) in [7, 11) is 0. The zero-order valence-electron chi connectivity index (χ0n) is 10.3. The van der Waals surface area contributed by atoms with E-state index in [9.17, 15) is 4.39 Å². The minimum Gasteiger partial charge on any atom is -0.355 e. The third-order valence-corrected chi connectivity index (χ3v) is 3.85. The number of benzene rings is 1. The van der Waals surface area contributed by atoms with E-state index in [1.807, 2.05) is 12.1 Å². The van der Waals surface area contributed by atoms with Crippen molar-refractivity contribution in [2.75, 3.05) is 5.32 Å². The van der Waals surface area contributed by atoms with E-state index >= 15 is 0 Å². The molecule has 2 aromatic heterocycles. The summed E-state index contributed by atoms with van der Waals surface area (Å²) in [5, 5.41) is 4.12. The normalized spacial score (nSPS) is 12.5. The van der Waals surface area contributed by atoms with Gasteiger partial charge < -0.3 is 5.32 Å². The maximum absolute atomic E-state index is 13.1. The number of hydrogen-bond acceptors (Lipinski definition) is 4. The van der Waals surface area contributed by atoms with Gasteiger partial charge in [-0.25, -0.2) is 9.37 Å². The number of aromatic nitrogens is 2. The van der Waals surface area contributed by atoms with E-state index < -0.39 is 0 Å². The molecule has 0 aliphatic carbocycles. The topological polar surface area (TPSA) is 37.8 Å². The average molecular weight is 273 g/mol. The second-order valence-corrected chi connectivity index (χ2v) is 5.31. The van der Waals surface area contributed by atoms with Gasteiger partial charge in [0.25, 0.3) is 0 Å². The molecule has 0 spiro atoms. The Morgan fingerprint density at radius 1 is 1.21 bits per heavy atom. The first kappa shape index (κ1) is 12.0. The van der Waals surface area contributed by atoms with Crippen LogP contribution in [0.3, 0.4) is 0 Å². The van der Waals surface area contributed by atoms with Gasteiger partial charge in [-0.2, -0.15) is 0 Å². The van der Waals surface area contributed by atoms with Gasteiger partial charge in [0.2, 0.25) is 0 Å². The quantitative estimate of drug-likeness (QED) is 0.783. The number of halogens is 1. The van der Waals surface area contributed by atoms with Crippen LogP contribution < -0.4 is 5.32 Å². The molecular formula is C14H12FN3S. The minimum atomic E-state index is -0.232. The van der Waals surface area contributed by atoms with Crippen molar-refractivity contribution < 1.29 is 4.39 Å². The highest BCUT2D eigenvalue weighted by Gasteiger charge is 2.09. The number of hydrogen-bond donors (Lipinski definition) is 1. The Morgan fingerprint density at radius 2 is 2.00 bits per heavy atom. The summed E-state index contributed by atoms with van der Waals surface area (Å²) < 4.78 is 14.0. The van der Waals surface area contributed by atoms with E-state index in [1.54, 1.807) is 18.5 Å². The van der Waals surface area contributed by atoms with Gasteiger partial charge in [-0.3, -0.25) is 4.98 Å². The van der Waals surface area contributed by atoms with E-state index in [0.717, 1.165) is 20.9 Å². The molecule has 1 unspecified atom stereocenters. The van der Waals surface area contributed by atoms with Crippen molar-refractivity contribution in [3.05, 3.63) is 54.1 Å². The molecule has 0 saturated heterocycles. The molecule has 0 bridgehead atoms. The lowest BCUT2D eigenvalue weighted by Crippen LogP contribution is -2.05. The summed E-state index contributed by atoms with van der Waals surface area (Å²) >= 11 is 1.46. The largest absolute Gasteiger partial charge is 0.355 e. The second kappa shape index (κ2) is 4.93. The molecule has 3 aromatic rings. The van der Waals surface area contributed by atoms with Crippen LogP contribution in [0.5, 0.6) is 0 Å². The Labute approximate surface area is 114 Å². The predicted molar refractivity (Wildman–Crippen MR) is 75.9 cm³/mol. The van der Waals surface area contributed by atoms with Crippen molar-refractivity contribution in [2.24, 2.45) is 0 Å². The Kier molecular flexibility index (Phi) is 3.13. The van der Waals surface area contributed by atoms with Crippen molar-refractivity contribution >= 4 is 26.7 Å². The van der Waals surface area contributed by atoms with Gasteiger partial charge in [-0.05, 0) is 42.8 Å². The fraction of sp³-hybridized carbons (Fsp3) is 0.143. The highest BCUT2D eigenvalue weighted by Crippen LogP contribution is 2.29. The molecule has 1 N–H and O–H groups in total. The van der Waals surface area contributed by atoms with Crippen LogP contribution in [0.2, 0.25) is 0 Å². The number of anilines is 1. The molecule has 3 nitrogen and oxygen atoms in total. The van der Waals surface area contributed by atoms with Crippen molar-refractivity contribution in [1.29, 1.82) is 0 Å². The third kappa shape index (κ3) is 2.56. The van der Waals surface area contributed by atoms with Crippen LogP contribution in [0.15, 0.2) is 42.7 Å². The average Bonchev–Trinajstić information content (AvgIpc) is 2.81. The van der Waals surface area contributed by atoms with Gasteiger partial charge in [0.1, 0.15) is 5.82 Å². The van der Waals surface area contributed by atoms with E-state index in [4.69, 9.17) is 0 Å². The molecule has 0 aliphatic heterocycles. The molecule has 0 amide bonds. The molecule has 0 saturated carbocycles. The number of rotatable bonds is 3. The smallest absolute Gasteiger partial charge is 0.184 e. The van der Waals surface area contributed by atoms with Crippen LogP contribution in [-0.4, -0.2) is 9.97 Å². The molecule has 0 radical (unpaired) electrons. The highest BCUT2D eigenvalue weighted by atomic mass is 32.1. The lowest BCUT2D eigenvalue weighted by atomic mass is 10.1. The van der Waals surface area contributed by atoms with Gasteiger partial charge in [-0.1, -0.05) is 11.3 Å². The summed E-state index contributed by atoms with van der Waals surface area (Å²) in [6.07, 6.45) is 3.53. The van der Waals surface area contributed by atoms with E-state index in [2.05, 4.69) is 22.2 Å². The van der Waals surface area contributed by atoms with Crippen molar-refractivity contribution in [3.8, 4) is 0 Å². The molecule has 19 heavy (non-hydrogen) atoms. The van der Waals surface area contributed by atoms with E-state index in [-0.39, 0.29) is 11.9 Å². The zero-order chi connectivity index (χ0) is 13.2. The summed E-state index contributed by atoms with van der Waals surface area (Å²) in [6.45, 7) is 2.06. The zero-order valence-corrected chi connectivity index (χ0v) is 11.1. The number of thiazole rings is 1. The monoisotopic (exact) mass is 273 g/mol.